The fraction of sp³-hybridized carbons (Fsp3) is 0.200. The average Bonchev–Trinajstić information content (AvgIpc) is 2.40. The van der Waals surface area contributed by atoms with Gasteiger partial charge in [0.05, 0.1) is 0 Å². The van der Waals surface area contributed by atoms with E-state index < -0.39 is 24.2 Å². The van der Waals surface area contributed by atoms with Gasteiger partial charge in [-0.25, -0.2) is 0 Å². The minimum atomic E-state index is -5.01. The van der Waals surface area contributed by atoms with Crippen molar-refractivity contribution in [1.29, 1.82) is 0 Å². The molecule has 2 rings (SSSR count). The van der Waals surface area contributed by atoms with Crippen molar-refractivity contribution in [2.24, 2.45) is 0 Å². The van der Waals surface area contributed by atoms with Crippen LogP contribution in [-0.2, 0) is 0 Å². The second kappa shape index (κ2) is 6.14. The molecule has 0 aromatic heterocycles. The molecule has 0 radical (unpaired) electrons. The van der Waals surface area contributed by atoms with Gasteiger partial charge in [0, 0.05) is 16.8 Å². The topological polar surface area (TPSA) is 44.5 Å². The van der Waals surface area contributed by atoms with E-state index in [-0.39, 0.29) is 16.8 Å². The van der Waals surface area contributed by atoms with Gasteiger partial charge in [0.1, 0.15) is 11.5 Å². The maximum atomic E-state index is 12.5. The molecule has 0 aliphatic rings. The predicted molar refractivity (Wildman–Crippen MR) is 74.4 cm³/mol. The molecule has 0 atom stereocenters. The van der Waals surface area contributed by atoms with Crippen LogP contribution in [0.25, 0.3) is 11.1 Å². The molecule has 0 amide bonds. The second-order valence-electron chi connectivity index (χ2n) is 4.85. The normalized spacial score (nSPS) is 12.1. The maximum Gasteiger partial charge on any atom is 0.573 e. The molecule has 0 aliphatic carbocycles. The molecule has 0 unspecified atom stereocenters. The molecule has 3 nitrogen and oxygen atoms in total. The summed E-state index contributed by atoms with van der Waals surface area (Å²) in [5, 5.41) is 0. The zero-order valence-corrected chi connectivity index (χ0v) is 12.1. The van der Waals surface area contributed by atoms with Crippen LogP contribution in [0.4, 0.5) is 32.0 Å². The van der Waals surface area contributed by atoms with E-state index in [4.69, 9.17) is 5.73 Å². The maximum absolute atomic E-state index is 12.5. The number of halogens is 6. The van der Waals surface area contributed by atoms with Crippen LogP contribution in [0, 0.1) is 6.92 Å². The van der Waals surface area contributed by atoms with E-state index in [0.717, 1.165) is 24.3 Å². The number of nitrogen functional groups attached to an aromatic ring is 1. The van der Waals surface area contributed by atoms with Crippen molar-refractivity contribution in [3.8, 4) is 22.6 Å². The molecule has 9 heteroatoms. The molecule has 2 aromatic carbocycles. The Labute approximate surface area is 132 Å². The molecule has 0 saturated heterocycles. The van der Waals surface area contributed by atoms with Crippen molar-refractivity contribution in [2.75, 3.05) is 5.73 Å². The van der Waals surface area contributed by atoms with Gasteiger partial charge in [0.15, 0.2) is 0 Å². The Morgan fingerprint density at radius 3 is 1.71 bits per heavy atom. The molecule has 130 valence electrons. The molecular formula is C15H11F6NO2. The van der Waals surface area contributed by atoms with Crippen LogP contribution in [-0.4, -0.2) is 12.7 Å². The van der Waals surface area contributed by atoms with E-state index in [0.29, 0.717) is 5.56 Å². The number of hydrogen-bond acceptors (Lipinski definition) is 3. The fourth-order valence-electron chi connectivity index (χ4n) is 2.04. The summed E-state index contributed by atoms with van der Waals surface area (Å²) in [6, 6.07) is 6.75. The Kier molecular flexibility index (Phi) is 4.54. The first-order valence-corrected chi connectivity index (χ1v) is 6.47. The molecule has 0 heterocycles. The summed E-state index contributed by atoms with van der Waals surface area (Å²) >= 11 is 0. The lowest BCUT2D eigenvalue weighted by molar-refractivity contribution is -0.276. The monoisotopic (exact) mass is 351 g/mol. The summed E-state index contributed by atoms with van der Waals surface area (Å²) < 4.78 is 82.9. The van der Waals surface area contributed by atoms with Crippen LogP contribution in [0.5, 0.6) is 11.5 Å². The van der Waals surface area contributed by atoms with Crippen molar-refractivity contribution in [2.45, 2.75) is 19.6 Å². The van der Waals surface area contributed by atoms with E-state index >= 15 is 0 Å². The fourth-order valence-corrected chi connectivity index (χ4v) is 2.04. The van der Waals surface area contributed by atoms with Crippen molar-refractivity contribution in [3.63, 3.8) is 0 Å². The van der Waals surface area contributed by atoms with Crippen molar-refractivity contribution >= 4 is 5.69 Å². The van der Waals surface area contributed by atoms with Gasteiger partial charge in [0.25, 0.3) is 0 Å². The number of alkyl halides is 6. The van der Waals surface area contributed by atoms with Crippen molar-refractivity contribution in [3.05, 3.63) is 42.0 Å². The third-order valence-corrected chi connectivity index (χ3v) is 2.88. The summed E-state index contributed by atoms with van der Waals surface area (Å²) in [5.41, 5.74) is 5.62. The van der Waals surface area contributed by atoms with E-state index in [1.54, 1.807) is 6.92 Å². The highest BCUT2D eigenvalue weighted by Crippen LogP contribution is 2.41. The van der Waals surface area contributed by atoms with Gasteiger partial charge in [-0.3, -0.25) is 0 Å². The zero-order chi connectivity index (χ0) is 18.1. The van der Waals surface area contributed by atoms with E-state index in [1.807, 2.05) is 0 Å². The number of anilines is 1. The number of hydrogen-bond donors (Lipinski definition) is 1. The Hall–Kier alpha value is -2.58. The Morgan fingerprint density at radius 2 is 1.21 bits per heavy atom. The standard InChI is InChI=1S/C15H11F6NO2/c1-8-2-4-12(23-14(16,17)18)10(6-8)11-7-9(22)3-5-13(11)24-15(19,20)21/h2-7H,22H2,1H3. The lowest BCUT2D eigenvalue weighted by atomic mass is 10.0. The first-order chi connectivity index (χ1) is 10.9. The number of benzene rings is 2. The molecule has 0 bridgehead atoms. The van der Waals surface area contributed by atoms with Gasteiger partial charge < -0.3 is 15.2 Å². The third kappa shape index (κ3) is 4.71. The molecule has 0 aliphatic heterocycles. The molecule has 2 aromatic rings. The van der Waals surface area contributed by atoms with E-state index in [2.05, 4.69) is 9.47 Å². The quantitative estimate of drug-likeness (QED) is 0.622. The minimum absolute atomic E-state index is 0.0546. The molecular weight excluding hydrogens is 340 g/mol. The van der Waals surface area contributed by atoms with Gasteiger partial charge in [-0.2, -0.15) is 0 Å². The van der Waals surface area contributed by atoms with E-state index in [1.165, 1.54) is 12.1 Å². The molecule has 0 spiro atoms. The molecule has 0 saturated carbocycles. The summed E-state index contributed by atoms with van der Waals surface area (Å²) in [6.45, 7) is 1.57. The third-order valence-electron chi connectivity index (χ3n) is 2.88. The smallest absolute Gasteiger partial charge is 0.405 e. The zero-order valence-electron chi connectivity index (χ0n) is 12.1. The molecule has 2 N–H and O–H groups in total. The van der Waals surface area contributed by atoms with Crippen molar-refractivity contribution < 1.29 is 35.8 Å². The minimum Gasteiger partial charge on any atom is -0.405 e. The van der Waals surface area contributed by atoms with Crippen LogP contribution < -0.4 is 15.2 Å². The summed E-state index contributed by atoms with van der Waals surface area (Å²) in [5.74, 6) is -1.35. The van der Waals surface area contributed by atoms with Gasteiger partial charge in [-0.15, -0.1) is 26.3 Å². The average molecular weight is 351 g/mol. The van der Waals surface area contributed by atoms with E-state index in [9.17, 15) is 26.3 Å². The van der Waals surface area contributed by atoms with Crippen molar-refractivity contribution in [1.82, 2.24) is 0 Å². The Balaban J connectivity index is 2.62. The van der Waals surface area contributed by atoms with Gasteiger partial charge >= 0.3 is 12.7 Å². The highest BCUT2D eigenvalue weighted by molar-refractivity contribution is 5.79. The lowest BCUT2D eigenvalue weighted by Crippen LogP contribution is -2.19. The molecule has 24 heavy (non-hydrogen) atoms. The van der Waals surface area contributed by atoms with Crippen LogP contribution >= 0.6 is 0 Å². The highest BCUT2D eigenvalue weighted by atomic mass is 19.4. The summed E-state index contributed by atoms with van der Waals surface area (Å²) in [7, 11) is 0. The number of rotatable bonds is 3. The Morgan fingerprint density at radius 1 is 0.750 bits per heavy atom. The first-order valence-electron chi connectivity index (χ1n) is 6.47. The number of aryl methyl sites for hydroxylation is 1. The Bertz CT molecular complexity index is 676. The second-order valence-corrected chi connectivity index (χ2v) is 4.85. The highest BCUT2D eigenvalue weighted by Gasteiger charge is 2.34. The van der Waals surface area contributed by atoms with Crippen LogP contribution in [0.2, 0.25) is 0 Å². The lowest BCUT2D eigenvalue weighted by Gasteiger charge is -2.18. The summed E-state index contributed by atoms with van der Waals surface area (Å²) in [6.07, 6.45) is -10.0. The molecule has 0 fully saturated rings. The number of nitrogens with two attached hydrogens (primary N) is 1. The van der Waals surface area contributed by atoms with Crippen LogP contribution in [0.15, 0.2) is 36.4 Å². The summed E-state index contributed by atoms with van der Waals surface area (Å²) in [4.78, 5) is 0. The first kappa shape index (κ1) is 17.8. The van der Waals surface area contributed by atoms with Gasteiger partial charge in [0.2, 0.25) is 0 Å². The SMILES string of the molecule is Cc1ccc(OC(F)(F)F)c(-c2cc(N)ccc2OC(F)(F)F)c1. The predicted octanol–water partition coefficient (Wildman–Crippen LogP) is 5.04. The van der Waals surface area contributed by atoms with Gasteiger partial charge in [-0.05, 0) is 37.3 Å². The van der Waals surface area contributed by atoms with Crippen LogP contribution in [0.3, 0.4) is 0 Å². The largest absolute Gasteiger partial charge is 0.573 e. The van der Waals surface area contributed by atoms with Gasteiger partial charge in [-0.1, -0.05) is 11.6 Å². The van der Waals surface area contributed by atoms with Crippen LogP contribution in [0.1, 0.15) is 5.56 Å². The number of ether oxygens (including phenoxy) is 2.